The van der Waals surface area contributed by atoms with Crippen LogP contribution in [0.3, 0.4) is 0 Å². The van der Waals surface area contributed by atoms with Crippen LogP contribution in [-0.4, -0.2) is 42.0 Å². The number of aliphatic hydroxyl groups is 1. The van der Waals surface area contributed by atoms with E-state index in [2.05, 4.69) is 31.5 Å². The van der Waals surface area contributed by atoms with Crippen LogP contribution in [0.25, 0.3) is 0 Å². The first-order chi connectivity index (χ1) is 6.11. The molecule has 1 aliphatic rings. The lowest BCUT2D eigenvalue weighted by molar-refractivity contribution is 0.0271. The summed E-state index contributed by atoms with van der Waals surface area (Å²) < 4.78 is 0. The maximum absolute atomic E-state index is 9.13. The van der Waals surface area contributed by atoms with Gasteiger partial charge in [0, 0.05) is 13.1 Å². The van der Waals surface area contributed by atoms with Gasteiger partial charge in [0.15, 0.2) is 0 Å². The third-order valence-corrected chi connectivity index (χ3v) is 3.34. The van der Waals surface area contributed by atoms with Crippen molar-refractivity contribution in [3.05, 3.63) is 0 Å². The van der Waals surface area contributed by atoms with Crippen molar-refractivity contribution < 1.29 is 5.11 Å². The topological polar surface area (TPSA) is 23.5 Å². The molecule has 1 N–H and O–H groups in total. The molecule has 0 aliphatic heterocycles. The average molecular weight is 203 g/mol. The molecular weight excluding hydrogens is 182 g/mol. The minimum atomic E-state index is -0.0132. The molecule has 0 aromatic heterocycles. The number of thiol groups is 1. The van der Waals surface area contributed by atoms with E-state index in [0.29, 0.717) is 5.92 Å². The highest BCUT2D eigenvalue weighted by Gasteiger charge is 2.27. The molecule has 2 nitrogen and oxygen atoms in total. The van der Waals surface area contributed by atoms with Gasteiger partial charge in [-0.2, -0.15) is 12.6 Å². The summed E-state index contributed by atoms with van der Waals surface area (Å²) in [5, 5.41) is 9.13. The van der Waals surface area contributed by atoms with Gasteiger partial charge in [0.1, 0.15) is 0 Å². The van der Waals surface area contributed by atoms with Crippen molar-refractivity contribution in [1.29, 1.82) is 0 Å². The van der Waals surface area contributed by atoms with Gasteiger partial charge in [-0.25, -0.2) is 0 Å². The van der Waals surface area contributed by atoms with E-state index in [1.165, 1.54) is 0 Å². The van der Waals surface area contributed by atoms with Crippen LogP contribution < -0.4 is 0 Å². The Bertz CT molecular complexity index is 148. The summed E-state index contributed by atoms with van der Waals surface area (Å²) in [4.78, 5) is 2.36. The number of rotatable bonds is 5. The second kappa shape index (κ2) is 5.23. The molecule has 1 fully saturated rings. The summed E-state index contributed by atoms with van der Waals surface area (Å²) in [6.45, 7) is 4.48. The Balaban J connectivity index is 2.07. The van der Waals surface area contributed by atoms with Gasteiger partial charge < -0.3 is 10.0 Å². The fourth-order valence-electron chi connectivity index (χ4n) is 1.95. The fraction of sp³-hybridized carbons (Fsp3) is 1.00. The first-order valence-electron chi connectivity index (χ1n) is 5.09. The molecule has 1 aliphatic carbocycles. The van der Waals surface area contributed by atoms with Gasteiger partial charge in [0.25, 0.3) is 0 Å². The third-order valence-electron chi connectivity index (χ3n) is 2.72. The summed E-state index contributed by atoms with van der Waals surface area (Å²) in [5.74, 6) is 2.35. The zero-order chi connectivity index (χ0) is 9.84. The van der Waals surface area contributed by atoms with Crippen LogP contribution >= 0.6 is 12.6 Å². The SMILES string of the molecule is CC(CS)CN(C)CC1CC(O)C1. The molecule has 0 amide bonds. The summed E-state index contributed by atoms with van der Waals surface area (Å²) in [6, 6.07) is 0. The van der Waals surface area contributed by atoms with Gasteiger partial charge in [-0.3, -0.25) is 0 Å². The molecule has 0 aromatic rings. The lowest BCUT2D eigenvalue weighted by Gasteiger charge is -2.35. The van der Waals surface area contributed by atoms with Crippen molar-refractivity contribution >= 4 is 12.6 Å². The lowest BCUT2D eigenvalue weighted by Crippen LogP contribution is -2.38. The van der Waals surface area contributed by atoms with Crippen molar-refractivity contribution in [2.75, 3.05) is 25.9 Å². The van der Waals surface area contributed by atoms with E-state index in [1.54, 1.807) is 0 Å². The first kappa shape index (κ1) is 11.3. The predicted octanol–water partition coefficient (Wildman–Crippen LogP) is 1.25. The Hall–Kier alpha value is 0.270. The van der Waals surface area contributed by atoms with E-state index >= 15 is 0 Å². The van der Waals surface area contributed by atoms with E-state index < -0.39 is 0 Å². The number of hydrogen-bond acceptors (Lipinski definition) is 3. The molecule has 0 bridgehead atoms. The van der Waals surface area contributed by atoms with Gasteiger partial charge in [-0.15, -0.1) is 0 Å². The molecule has 3 heteroatoms. The van der Waals surface area contributed by atoms with Crippen LogP contribution in [0.2, 0.25) is 0 Å². The van der Waals surface area contributed by atoms with Crippen molar-refractivity contribution in [1.82, 2.24) is 4.90 Å². The standard InChI is InChI=1S/C10H21NOS/c1-8(7-13)5-11(2)6-9-3-10(12)4-9/h8-10,12-13H,3-7H2,1-2H3. The number of aliphatic hydroxyl groups excluding tert-OH is 1. The van der Waals surface area contributed by atoms with Crippen molar-refractivity contribution in [2.24, 2.45) is 11.8 Å². The normalized spacial score (nSPS) is 30.2. The molecular formula is C10H21NOS. The second-order valence-corrected chi connectivity index (χ2v) is 4.87. The predicted molar refractivity (Wildman–Crippen MR) is 59.2 cm³/mol. The zero-order valence-electron chi connectivity index (χ0n) is 8.61. The van der Waals surface area contributed by atoms with Crippen molar-refractivity contribution in [2.45, 2.75) is 25.9 Å². The van der Waals surface area contributed by atoms with Crippen LogP contribution in [0.15, 0.2) is 0 Å². The maximum Gasteiger partial charge on any atom is 0.0546 e. The quantitative estimate of drug-likeness (QED) is 0.657. The number of nitrogens with zero attached hydrogens (tertiary/aromatic N) is 1. The minimum Gasteiger partial charge on any atom is -0.393 e. The molecule has 13 heavy (non-hydrogen) atoms. The Morgan fingerprint density at radius 2 is 2.15 bits per heavy atom. The largest absolute Gasteiger partial charge is 0.393 e. The summed E-state index contributed by atoms with van der Waals surface area (Å²) in [5.41, 5.74) is 0. The maximum atomic E-state index is 9.13. The van der Waals surface area contributed by atoms with E-state index in [0.717, 1.165) is 37.6 Å². The van der Waals surface area contributed by atoms with Crippen LogP contribution in [-0.2, 0) is 0 Å². The molecule has 1 atom stereocenters. The second-order valence-electron chi connectivity index (χ2n) is 4.50. The highest BCUT2D eigenvalue weighted by Crippen LogP contribution is 2.27. The van der Waals surface area contributed by atoms with E-state index in [1.807, 2.05) is 0 Å². The van der Waals surface area contributed by atoms with Gasteiger partial charge in [-0.05, 0) is 37.5 Å². The molecule has 0 radical (unpaired) electrons. The first-order valence-corrected chi connectivity index (χ1v) is 5.72. The van der Waals surface area contributed by atoms with Crippen LogP contribution in [0.5, 0.6) is 0 Å². The van der Waals surface area contributed by atoms with Gasteiger partial charge >= 0.3 is 0 Å². The van der Waals surface area contributed by atoms with E-state index in [-0.39, 0.29) is 6.10 Å². The minimum absolute atomic E-state index is 0.0132. The Labute approximate surface area is 86.7 Å². The van der Waals surface area contributed by atoms with E-state index in [4.69, 9.17) is 5.11 Å². The number of hydrogen-bond donors (Lipinski definition) is 2. The smallest absolute Gasteiger partial charge is 0.0546 e. The van der Waals surface area contributed by atoms with Crippen LogP contribution in [0, 0.1) is 11.8 Å². The van der Waals surface area contributed by atoms with Crippen LogP contribution in [0.4, 0.5) is 0 Å². The van der Waals surface area contributed by atoms with Gasteiger partial charge in [-0.1, -0.05) is 6.92 Å². The molecule has 0 saturated heterocycles. The molecule has 78 valence electrons. The van der Waals surface area contributed by atoms with E-state index in [9.17, 15) is 0 Å². The summed E-state index contributed by atoms with van der Waals surface area (Å²) in [6.07, 6.45) is 1.99. The summed E-state index contributed by atoms with van der Waals surface area (Å²) >= 11 is 4.27. The van der Waals surface area contributed by atoms with Crippen LogP contribution in [0.1, 0.15) is 19.8 Å². The molecule has 1 rings (SSSR count). The average Bonchev–Trinajstić information content (AvgIpc) is 2.01. The summed E-state index contributed by atoms with van der Waals surface area (Å²) in [7, 11) is 2.16. The Morgan fingerprint density at radius 3 is 2.62 bits per heavy atom. The molecule has 1 unspecified atom stereocenters. The van der Waals surface area contributed by atoms with Gasteiger partial charge in [0.2, 0.25) is 0 Å². The van der Waals surface area contributed by atoms with Crippen molar-refractivity contribution in [3.8, 4) is 0 Å². The zero-order valence-corrected chi connectivity index (χ0v) is 9.50. The third kappa shape index (κ3) is 3.88. The Morgan fingerprint density at radius 1 is 1.54 bits per heavy atom. The van der Waals surface area contributed by atoms with Crippen molar-refractivity contribution in [3.63, 3.8) is 0 Å². The monoisotopic (exact) mass is 203 g/mol. The molecule has 0 aromatic carbocycles. The fourth-order valence-corrected chi connectivity index (χ4v) is 2.07. The Kier molecular flexibility index (Phi) is 4.56. The molecule has 0 heterocycles. The van der Waals surface area contributed by atoms with Gasteiger partial charge in [0.05, 0.1) is 6.10 Å². The lowest BCUT2D eigenvalue weighted by atomic mass is 9.82. The molecule has 0 spiro atoms. The molecule has 1 saturated carbocycles. The highest BCUT2D eigenvalue weighted by atomic mass is 32.1. The highest BCUT2D eigenvalue weighted by molar-refractivity contribution is 7.80.